The molecular formula is C20H20F2N4. The first-order valence-electron chi connectivity index (χ1n) is 8.67. The fraction of sp³-hybridized carbons (Fsp3) is 0.200. The van der Waals surface area contributed by atoms with Gasteiger partial charge in [0, 0.05) is 40.7 Å². The van der Waals surface area contributed by atoms with Gasteiger partial charge in [0.2, 0.25) is 0 Å². The number of halogens is 2. The average Bonchev–Trinajstić information content (AvgIpc) is 3.15. The Bertz CT molecular complexity index is 1090. The number of H-pyrrole nitrogens is 1. The number of hydrogen-bond acceptors (Lipinski definition) is 2. The number of hydrogen-bond donors (Lipinski definition) is 3. The van der Waals surface area contributed by atoms with E-state index in [0.717, 1.165) is 38.6 Å². The molecule has 6 heteroatoms. The van der Waals surface area contributed by atoms with Gasteiger partial charge >= 0.3 is 0 Å². The number of aromatic nitrogens is 2. The molecule has 0 amide bonds. The van der Waals surface area contributed by atoms with E-state index in [-0.39, 0.29) is 11.6 Å². The van der Waals surface area contributed by atoms with Crippen LogP contribution in [-0.4, -0.2) is 22.7 Å². The van der Waals surface area contributed by atoms with Crippen LogP contribution in [0.1, 0.15) is 12.5 Å². The van der Waals surface area contributed by atoms with Crippen molar-refractivity contribution in [2.45, 2.75) is 13.3 Å². The van der Waals surface area contributed by atoms with Gasteiger partial charge in [0.25, 0.3) is 0 Å². The van der Waals surface area contributed by atoms with Crippen molar-refractivity contribution in [1.82, 2.24) is 9.66 Å². The third kappa shape index (κ3) is 2.54. The van der Waals surface area contributed by atoms with Crippen LogP contribution in [0.25, 0.3) is 33.1 Å². The Hall–Kier alpha value is -2.86. The van der Waals surface area contributed by atoms with Crippen molar-refractivity contribution in [3.63, 3.8) is 0 Å². The molecule has 4 N–H and O–H groups in total. The molecule has 2 aromatic heterocycles. The normalized spacial score (nSPS) is 11.5. The molecule has 0 unspecified atom stereocenters. The van der Waals surface area contributed by atoms with E-state index < -0.39 is 0 Å². The number of nitrogens with zero attached hydrogens (tertiary/aromatic N) is 1. The van der Waals surface area contributed by atoms with Crippen LogP contribution in [0, 0.1) is 11.6 Å². The van der Waals surface area contributed by atoms with Gasteiger partial charge in [-0.2, -0.15) is 0 Å². The highest BCUT2D eigenvalue weighted by molar-refractivity contribution is 6.01. The second kappa shape index (κ2) is 6.46. The summed E-state index contributed by atoms with van der Waals surface area (Å²) in [6, 6.07) is 9.46. The minimum absolute atomic E-state index is 0.289. The third-order valence-corrected chi connectivity index (χ3v) is 4.64. The molecule has 134 valence electrons. The topological polar surface area (TPSA) is 58.8 Å². The van der Waals surface area contributed by atoms with Crippen molar-refractivity contribution in [3.05, 3.63) is 59.8 Å². The molecular weight excluding hydrogens is 334 g/mol. The molecule has 0 aliphatic heterocycles. The smallest absolute Gasteiger partial charge is 0.125 e. The summed E-state index contributed by atoms with van der Waals surface area (Å²) in [6.07, 6.45) is 2.52. The van der Waals surface area contributed by atoms with Gasteiger partial charge < -0.3 is 16.1 Å². The molecule has 0 saturated heterocycles. The zero-order valence-corrected chi connectivity index (χ0v) is 14.4. The highest BCUT2D eigenvalue weighted by Crippen LogP contribution is 2.37. The van der Waals surface area contributed by atoms with Gasteiger partial charge in [-0.25, -0.2) is 8.78 Å². The maximum absolute atomic E-state index is 13.9. The van der Waals surface area contributed by atoms with Crippen molar-refractivity contribution >= 4 is 21.8 Å². The predicted molar refractivity (Wildman–Crippen MR) is 102 cm³/mol. The Balaban J connectivity index is 2.09. The molecule has 2 heterocycles. The number of fused-ring (bicyclic) bond motifs is 2. The molecule has 0 aliphatic carbocycles. The van der Waals surface area contributed by atoms with Gasteiger partial charge in [0.05, 0.1) is 11.2 Å². The zero-order valence-electron chi connectivity index (χ0n) is 14.4. The largest absolute Gasteiger partial charge is 0.360 e. The van der Waals surface area contributed by atoms with E-state index in [0.29, 0.717) is 19.5 Å². The minimum Gasteiger partial charge on any atom is -0.360 e. The number of rotatable bonds is 5. The Morgan fingerprint density at radius 3 is 2.54 bits per heavy atom. The van der Waals surface area contributed by atoms with Crippen LogP contribution in [0.4, 0.5) is 8.78 Å². The van der Waals surface area contributed by atoms with Crippen molar-refractivity contribution in [1.29, 1.82) is 0 Å². The second-order valence-electron chi connectivity index (χ2n) is 6.27. The van der Waals surface area contributed by atoms with Gasteiger partial charge in [-0.1, -0.05) is 0 Å². The van der Waals surface area contributed by atoms with Crippen LogP contribution in [0.15, 0.2) is 42.6 Å². The van der Waals surface area contributed by atoms with Crippen molar-refractivity contribution in [2.75, 3.05) is 18.5 Å². The van der Waals surface area contributed by atoms with Crippen LogP contribution < -0.4 is 11.2 Å². The predicted octanol–water partition coefficient (Wildman–Crippen LogP) is 4.13. The van der Waals surface area contributed by atoms with E-state index in [1.54, 1.807) is 12.1 Å². The average molecular weight is 354 g/mol. The lowest BCUT2D eigenvalue weighted by Gasteiger charge is -2.13. The van der Waals surface area contributed by atoms with Crippen LogP contribution in [0.3, 0.4) is 0 Å². The van der Waals surface area contributed by atoms with Gasteiger partial charge in [-0.05, 0) is 55.8 Å². The molecule has 26 heavy (non-hydrogen) atoms. The fourth-order valence-corrected chi connectivity index (χ4v) is 3.63. The summed E-state index contributed by atoms with van der Waals surface area (Å²) in [5.41, 5.74) is 13.6. The van der Waals surface area contributed by atoms with E-state index in [9.17, 15) is 8.78 Å². The molecule has 2 aromatic carbocycles. The van der Waals surface area contributed by atoms with Crippen molar-refractivity contribution < 1.29 is 8.78 Å². The summed E-state index contributed by atoms with van der Waals surface area (Å²) in [6.45, 7) is 3.14. The first-order valence-corrected chi connectivity index (χ1v) is 8.67. The van der Waals surface area contributed by atoms with Gasteiger partial charge in [0.15, 0.2) is 0 Å². The monoisotopic (exact) mass is 354 g/mol. The minimum atomic E-state index is -0.291. The van der Waals surface area contributed by atoms with Crippen LogP contribution in [0.5, 0.6) is 0 Å². The van der Waals surface area contributed by atoms with Crippen LogP contribution >= 0.6 is 0 Å². The van der Waals surface area contributed by atoms with E-state index in [1.807, 2.05) is 17.8 Å². The van der Waals surface area contributed by atoms with E-state index in [1.165, 1.54) is 24.3 Å². The lowest BCUT2D eigenvalue weighted by molar-refractivity contribution is 0.628. The quantitative estimate of drug-likeness (QED) is 0.505. The van der Waals surface area contributed by atoms with Gasteiger partial charge in [-0.3, -0.25) is 4.68 Å². The van der Waals surface area contributed by atoms with Gasteiger partial charge in [0.1, 0.15) is 11.6 Å². The summed E-state index contributed by atoms with van der Waals surface area (Å²) in [5.74, 6) is -0.580. The van der Waals surface area contributed by atoms with Crippen molar-refractivity contribution in [3.8, 4) is 11.3 Å². The van der Waals surface area contributed by atoms with Crippen LogP contribution in [0.2, 0.25) is 0 Å². The lowest BCUT2D eigenvalue weighted by atomic mass is 10.0. The SMILES string of the molecule is CCNn1c(-c2c[nH]c3cc(F)ccc23)c(CCN)c2ccc(F)cc21. The van der Waals surface area contributed by atoms with E-state index in [4.69, 9.17) is 5.73 Å². The highest BCUT2D eigenvalue weighted by Gasteiger charge is 2.21. The molecule has 0 atom stereocenters. The Kier molecular flexibility index (Phi) is 4.12. The van der Waals surface area contributed by atoms with Gasteiger partial charge in [-0.15, -0.1) is 0 Å². The first kappa shape index (κ1) is 16.6. The Morgan fingerprint density at radius 1 is 1.08 bits per heavy atom. The van der Waals surface area contributed by atoms with E-state index >= 15 is 0 Å². The molecule has 0 fully saturated rings. The van der Waals surface area contributed by atoms with Crippen LogP contribution in [-0.2, 0) is 6.42 Å². The summed E-state index contributed by atoms with van der Waals surface area (Å²) in [4.78, 5) is 3.14. The molecule has 4 nitrogen and oxygen atoms in total. The maximum Gasteiger partial charge on any atom is 0.125 e. The Labute approximate surface area is 149 Å². The molecule has 4 aromatic rings. The summed E-state index contributed by atoms with van der Waals surface area (Å²) in [5, 5.41) is 1.87. The molecule has 4 rings (SSSR count). The lowest BCUT2D eigenvalue weighted by Crippen LogP contribution is -2.15. The molecule has 0 spiro atoms. The third-order valence-electron chi connectivity index (χ3n) is 4.64. The highest BCUT2D eigenvalue weighted by atomic mass is 19.1. The Morgan fingerprint density at radius 2 is 1.81 bits per heavy atom. The van der Waals surface area contributed by atoms with E-state index in [2.05, 4.69) is 10.4 Å². The molecule has 0 radical (unpaired) electrons. The zero-order chi connectivity index (χ0) is 18.3. The second-order valence-corrected chi connectivity index (χ2v) is 6.27. The fourth-order valence-electron chi connectivity index (χ4n) is 3.63. The molecule has 0 bridgehead atoms. The molecule has 0 aliphatic rings. The number of nitrogens with two attached hydrogens (primary N) is 1. The standard InChI is InChI=1S/C20H20F2N4/c1-2-25-26-19-10-13(22)4-6-15(19)16(7-8-23)20(26)17-11-24-18-9-12(21)3-5-14(17)18/h3-6,9-11,24-25H,2,7-8,23H2,1H3. The summed E-state index contributed by atoms with van der Waals surface area (Å²) >= 11 is 0. The summed E-state index contributed by atoms with van der Waals surface area (Å²) < 4.78 is 29.4. The number of benzene rings is 2. The number of aromatic amines is 1. The maximum atomic E-state index is 13.9. The number of nitrogens with one attached hydrogen (secondary N) is 2. The summed E-state index contributed by atoms with van der Waals surface area (Å²) in [7, 11) is 0. The first-order chi connectivity index (χ1) is 12.6. The molecule has 0 saturated carbocycles. The van der Waals surface area contributed by atoms with Crippen molar-refractivity contribution in [2.24, 2.45) is 5.73 Å².